The smallest absolute Gasteiger partial charge is 0.251 e. The van der Waals surface area contributed by atoms with Gasteiger partial charge in [0.25, 0.3) is 5.91 Å². The van der Waals surface area contributed by atoms with Crippen molar-refractivity contribution in [3.63, 3.8) is 0 Å². The second kappa shape index (κ2) is 5.87. The van der Waals surface area contributed by atoms with Gasteiger partial charge in [-0.05, 0) is 38.0 Å². The number of carbonyl (C=O) groups is 1. The van der Waals surface area contributed by atoms with Crippen molar-refractivity contribution >= 4 is 5.91 Å². The molecule has 1 unspecified atom stereocenters. The maximum Gasteiger partial charge on any atom is 0.251 e. The average molecular weight is 251 g/mol. The van der Waals surface area contributed by atoms with Crippen LogP contribution in [0.1, 0.15) is 36.2 Å². The molecule has 0 aromatic heterocycles. The first-order valence-electron chi connectivity index (χ1n) is 6.03. The van der Waals surface area contributed by atoms with Gasteiger partial charge >= 0.3 is 0 Å². The molecule has 0 aliphatic carbocycles. The highest BCUT2D eigenvalue weighted by Gasteiger charge is 2.24. The van der Waals surface area contributed by atoms with E-state index in [0.717, 1.165) is 5.56 Å². The lowest BCUT2D eigenvalue weighted by Gasteiger charge is -2.27. The molecule has 0 fully saturated rings. The lowest BCUT2D eigenvalue weighted by molar-refractivity contribution is 0.0847. The number of hydrogen-bond donors (Lipinski definition) is 2. The Morgan fingerprint density at radius 2 is 2.17 bits per heavy atom. The van der Waals surface area contributed by atoms with Crippen LogP contribution in [-0.2, 0) is 0 Å². The summed E-state index contributed by atoms with van der Waals surface area (Å²) in [6.45, 7) is 5.57. The van der Waals surface area contributed by atoms with Gasteiger partial charge in [-0.25, -0.2) is 0 Å². The minimum absolute atomic E-state index is 0.0851. The van der Waals surface area contributed by atoms with Crippen molar-refractivity contribution in [2.24, 2.45) is 0 Å². The summed E-state index contributed by atoms with van der Waals surface area (Å²) in [7, 11) is 1.58. The number of aliphatic hydroxyl groups is 1. The van der Waals surface area contributed by atoms with Crippen molar-refractivity contribution < 1.29 is 14.6 Å². The molecule has 0 heterocycles. The van der Waals surface area contributed by atoms with E-state index in [1.807, 2.05) is 26.8 Å². The topological polar surface area (TPSA) is 58.6 Å². The van der Waals surface area contributed by atoms with Crippen LogP contribution in [0.2, 0.25) is 0 Å². The molecule has 2 N–H and O–H groups in total. The van der Waals surface area contributed by atoms with E-state index in [9.17, 15) is 9.90 Å². The Bertz CT molecular complexity index is 425. The minimum atomic E-state index is -0.588. The van der Waals surface area contributed by atoms with Crippen LogP contribution < -0.4 is 10.1 Å². The Hall–Kier alpha value is -1.55. The molecule has 0 spiro atoms. The van der Waals surface area contributed by atoms with E-state index >= 15 is 0 Å². The van der Waals surface area contributed by atoms with Gasteiger partial charge in [-0.1, -0.05) is 13.0 Å². The van der Waals surface area contributed by atoms with Crippen molar-refractivity contribution in [2.75, 3.05) is 13.7 Å². The SMILES string of the molecule is CCC(C)(CO)NC(=O)c1ccc(C)c(OC)c1. The fraction of sp³-hybridized carbons (Fsp3) is 0.500. The van der Waals surface area contributed by atoms with Crippen LogP contribution >= 0.6 is 0 Å². The van der Waals surface area contributed by atoms with Crippen LogP contribution in [0.15, 0.2) is 18.2 Å². The maximum absolute atomic E-state index is 12.1. The number of ether oxygens (including phenoxy) is 1. The van der Waals surface area contributed by atoms with Gasteiger partial charge in [0.2, 0.25) is 0 Å². The highest BCUT2D eigenvalue weighted by molar-refractivity contribution is 5.95. The van der Waals surface area contributed by atoms with Crippen molar-refractivity contribution in [1.82, 2.24) is 5.32 Å². The largest absolute Gasteiger partial charge is 0.496 e. The van der Waals surface area contributed by atoms with Crippen LogP contribution in [0.25, 0.3) is 0 Å². The summed E-state index contributed by atoms with van der Waals surface area (Å²) >= 11 is 0. The quantitative estimate of drug-likeness (QED) is 0.840. The average Bonchev–Trinajstić information content (AvgIpc) is 2.39. The molecule has 0 aliphatic rings. The van der Waals surface area contributed by atoms with E-state index < -0.39 is 5.54 Å². The molecule has 0 bridgehead atoms. The minimum Gasteiger partial charge on any atom is -0.496 e. The Balaban J connectivity index is 2.91. The molecule has 4 heteroatoms. The van der Waals surface area contributed by atoms with Gasteiger partial charge in [-0.2, -0.15) is 0 Å². The van der Waals surface area contributed by atoms with E-state index in [-0.39, 0.29) is 12.5 Å². The highest BCUT2D eigenvalue weighted by Crippen LogP contribution is 2.19. The first-order chi connectivity index (χ1) is 8.45. The lowest BCUT2D eigenvalue weighted by Crippen LogP contribution is -2.48. The summed E-state index contributed by atoms with van der Waals surface area (Å²) in [6.07, 6.45) is 0.665. The molecule has 1 atom stereocenters. The third kappa shape index (κ3) is 3.23. The number of carbonyl (C=O) groups excluding carboxylic acids is 1. The van der Waals surface area contributed by atoms with Gasteiger partial charge < -0.3 is 15.2 Å². The van der Waals surface area contributed by atoms with Gasteiger partial charge in [0.1, 0.15) is 5.75 Å². The van der Waals surface area contributed by atoms with Crippen LogP contribution in [0, 0.1) is 6.92 Å². The lowest BCUT2D eigenvalue weighted by atomic mass is 9.99. The molecule has 100 valence electrons. The molecular formula is C14H21NO3. The maximum atomic E-state index is 12.1. The standard InChI is InChI=1S/C14H21NO3/c1-5-14(3,9-16)15-13(17)11-7-6-10(2)12(8-11)18-4/h6-8,16H,5,9H2,1-4H3,(H,15,17). The first-order valence-corrected chi connectivity index (χ1v) is 6.03. The number of amides is 1. The predicted molar refractivity (Wildman–Crippen MR) is 71.0 cm³/mol. The van der Waals surface area contributed by atoms with Gasteiger partial charge in [-0.3, -0.25) is 4.79 Å². The van der Waals surface area contributed by atoms with Crippen molar-refractivity contribution in [3.8, 4) is 5.75 Å². The van der Waals surface area contributed by atoms with Crippen LogP contribution in [-0.4, -0.2) is 30.3 Å². The Labute approximate surface area is 108 Å². The van der Waals surface area contributed by atoms with E-state index in [4.69, 9.17) is 4.74 Å². The fourth-order valence-electron chi connectivity index (χ4n) is 1.55. The van der Waals surface area contributed by atoms with Crippen LogP contribution in [0.5, 0.6) is 5.75 Å². The Morgan fingerprint density at radius 1 is 1.50 bits per heavy atom. The number of benzene rings is 1. The van der Waals surface area contributed by atoms with Crippen molar-refractivity contribution in [2.45, 2.75) is 32.7 Å². The third-order valence-corrected chi connectivity index (χ3v) is 3.21. The van der Waals surface area contributed by atoms with Crippen LogP contribution in [0.3, 0.4) is 0 Å². The number of aliphatic hydroxyl groups excluding tert-OH is 1. The van der Waals surface area contributed by atoms with E-state index in [0.29, 0.717) is 17.7 Å². The monoisotopic (exact) mass is 251 g/mol. The molecule has 1 amide bonds. The van der Waals surface area contributed by atoms with E-state index in [2.05, 4.69) is 5.32 Å². The van der Waals surface area contributed by atoms with Crippen molar-refractivity contribution in [3.05, 3.63) is 29.3 Å². The molecule has 1 rings (SSSR count). The number of hydrogen-bond acceptors (Lipinski definition) is 3. The number of nitrogens with one attached hydrogen (secondary N) is 1. The zero-order chi connectivity index (χ0) is 13.8. The molecule has 18 heavy (non-hydrogen) atoms. The zero-order valence-electron chi connectivity index (χ0n) is 11.4. The number of rotatable bonds is 5. The summed E-state index contributed by atoms with van der Waals surface area (Å²) in [5.41, 5.74) is 0.926. The molecular weight excluding hydrogens is 230 g/mol. The summed E-state index contributed by atoms with van der Waals surface area (Å²) in [5, 5.41) is 12.1. The van der Waals surface area contributed by atoms with E-state index in [1.54, 1.807) is 19.2 Å². The Kier molecular flexibility index (Phi) is 4.73. The van der Waals surface area contributed by atoms with Gasteiger partial charge in [0.15, 0.2) is 0 Å². The molecule has 0 aliphatic heterocycles. The summed E-state index contributed by atoms with van der Waals surface area (Å²) in [5.74, 6) is 0.483. The summed E-state index contributed by atoms with van der Waals surface area (Å²) < 4.78 is 5.19. The summed E-state index contributed by atoms with van der Waals surface area (Å²) in [6, 6.07) is 5.30. The van der Waals surface area contributed by atoms with Gasteiger partial charge in [-0.15, -0.1) is 0 Å². The zero-order valence-corrected chi connectivity index (χ0v) is 11.4. The Morgan fingerprint density at radius 3 is 2.67 bits per heavy atom. The number of methoxy groups -OCH3 is 1. The molecule has 0 saturated heterocycles. The molecule has 1 aromatic rings. The second-order valence-electron chi connectivity index (χ2n) is 4.71. The molecule has 1 aromatic carbocycles. The highest BCUT2D eigenvalue weighted by atomic mass is 16.5. The second-order valence-corrected chi connectivity index (χ2v) is 4.71. The molecule has 0 saturated carbocycles. The normalized spacial score (nSPS) is 13.8. The van der Waals surface area contributed by atoms with E-state index in [1.165, 1.54) is 0 Å². The third-order valence-electron chi connectivity index (χ3n) is 3.21. The number of aryl methyl sites for hydroxylation is 1. The molecule has 0 radical (unpaired) electrons. The van der Waals surface area contributed by atoms with Gasteiger partial charge in [0, 0.05) is 5.56 Å². The molecule has 4 nitrogen and oxygen atoms in total. The summed E-state index contributed by atoms with van der Waals surface area (Å²) in [4.78, 5) is 12.1. The first kappa shape index (κ1) is 14.5. The fourth-order valence-corrected chi connectivity index (χ4v) is 1.55. The predicted octanol–water partition coefficient (Wildman–Crippen LogP) is 1.89. The van der Waals surface area contributed by atoms with Gasteiger partial charge in [0.05, 0.1) is 19.3 Å². The van der Waals surface area contributed by atoms with Crippen molar-refractivity contribution in [1.29, 1.82) is 0 Å². The van der Waals surface area contributed by atoms with Crippen LogP contribution in [0.4, 0.5) is 0 Å².